The van der Waals surface area contributed by atoms with Gasteiger partial charge in [-0.1, -0.05) is 18.2 Å². The lowest BCUT2D eigenvalue weighted by atomic mass is 10.3. The highest BCUT2D eigenvalue weighted by Gasteiger charge is 2.31. The first-order valence-electron chi connectivity index (χ1n) is 8.89. The van der Waals surface area contributed by atoms with E-state index < -0.39 is 28.0 Å². The number of alkyl halides is 3. The maximum absolute atomic E-state index is 12.2. The van der Waals surface area contributed by atoms with Crippen molar-refractivity contribution in [1.82, 2.24) is 14.5 Å². The highest BCUT2D eigenvalue weighted by Crippen LogP contribution is 2.23. The summed E-state index contributed by atoms with van der Waals surface area (Å²) in [5.74, 6) is -0.701. The van der Waals surface area contributed by atoms with E-state index in [2.05, 4.69) is 19.9 Å². The number of anilines is 1. The van der Waals surface area contributed by atoms with Crippen LogP contribution in [0.3, 0.4) is 0 Å². The first kappa shape index (κ1) is 22.3. The molecule has 0 bridgehead atoms. The van der Waals surface area contributed by atoms with Crippen molar-refractivity contribution in [3.8, 4) is 11.4 Å². The van der Waals surface area contributed by atoms with Gasteiger partial charge in [-0.25, -0.2) is 17.8 Å². The van der Waals surface area contributed by atoms with E-state index in [1.54, 1.807) is 16.9 Å². The predicted molar refractivity (Wildman–Crippen MR) is 105 cm³/mol. The van der Waals surface area contributed by atoms with Crippen LogP contribution >= 0.6 is 0 Å². The number of benzene rings is 2. The number of carbonyl (C=O) groups is 1. The Morgan fingerprint density at radius 2 is 1.71 bits per heavy atom. The summed E-state index contributed by atoms with van der Waals surface area (Å²) in [5, 5.41) is 6.77. The second kappa shape index (κ2) is 9.18. The number of ether oxygens (including phenoxy) is 1. The number of halogens is 3. The van der Waals surface area contributed by atoms with Crippen LogP contribution in [-0.2, 0) is 14.8 Å². The van der Waals surface area contributed by atoms with E-state index in [4.69, 9.17) is 0 Å². The van der Waals surface area contributed by atoms with Crippen LogP contribution in [0.2, 0.25) is 0 Å². The van der Waals surface area contributed by atoms with Crippen LogP contribution in [-0.4, -0.2) is 37.0 Å². The number of hydrogen-bond acceptors (Lipinski definition) is 5. The molecule has 3 aromatic rings. The lowest BCUT2D eigenvalue weighted by molar-refractivity contribution is -0.274. The van der Waals surface area contributed by atoms with Gasteiger partial charge in [-0.2, -0.15) is 5.10 Å². The number of rotatable bonds is 8. The van der Waals surface area contributed by atoms with E-state index in [0.29, 0.717) is 5.82 Å². The van der Waals surface area contributed by atoms with Crippen molar-refractivity contribution in [3.05, 3.63) is 66.9 Å². The molecule has 3 rings (SSSR count). The molecule has 31 heavy (non-hydrogen) atoms. The molecular weight excluding hydrogens is 437 g/mol. The third kappa shape index (κ3) is 6.55. The summed E-state index contributed by atoms with van der Waals surface area (Å²) in [4.78, 5) is 11.8. The van der Waals surface area contributed by atoms with Crippen LogP contribution in [0, 0.1) is 0 Å². The quantitative estimate of drug-likeness (QED) is 0.545. The van der Waals surface area contributed by atoms with Gasteiger partial charge in [0.2, 0.25) is 15.9 Å². The molecule has 1 amide bonds. The topological polar surface area (TPSA) is 102 Å². The molecule has 8 nitrogen and oxygen atoms in total. The molecule has 1 aromatic heterocycles. The van der Waals surface area contributed by atoms with Crippen LogP contribution in [0.25, 0.3) is 5.69 Å². The van der Waals surface area contributed by atoms with Gasteiger partial charge in [-0.05, 0) is 36.4 Å². The van der Waals surface area contributed by atoms with E-state index >= 15 is 0 Å². The number of hydrogen-bond donors (Lipinski definition) is 2. The second-order valence-electron chi connectivity index (χ2n) is 6.20. The van der Waals surface area contributed by atoms with Crippen LogP contribution in [0.15, 0.2) is 71.8 Å². The van der Waals surface area contributed by atoms with Gasteiger partial charge in [0.25, 0.3) is 0 Å². The molecule has 0 unspecified atom stereocenters. The number of para-hydroxylation sites is 1. The summed E-state index contributed by atoms with van der Waals surface area (Å²) in [6, 6.07) is 14.6. The Balaban J connectivity index is 1.50. The zero-order valence-electron chi connectivity index (χ0n) is 15.8. The summed E-state index contributed by atoms with van der Waals surface area (Å²) in [6.45, 7) is -0.214. The van der Waals surface area contributed by atoms with Crippen molar-refractivity contribution in [3.63, 3.8) is 0 Å². The summed E-state index contributed by atoms with van der Waals surface area (Å²) in [7, 11) is -4.01. The molecule has 164 valence electrons. The lowest BCUT2D eigenvalue weighted by Crippen LogP contribution is -2.28. The van der Waals surface area contributed by atoms with E-state index in [0.717, 1.165) is 30.0 Å². The maximum Gasteiger partial charge on any atom is 0.573 e. The molecule has 0 aliphatic carbocycles. The number of nitrogens with zero attached hydrogens (tertiary/aromatic N) is 2. The zero-order valence-corrected chi connectivity index (χ0v) is 16.7. The minimum absolute atomic E-state index is 0.174. The second-order valence-corrected chi connectivity index (χ2v) is 7.96. The van der Waals surface area contributed by atoms with Gasteiger partial charge < -0.3 is 10.1 Å². The number of amides is 1. The van der Waals surface area contributed by atoms with Crippen molar-refractivity contribution >= 4 is 21.7 Å². The Bertz CT molecular complexity index is 1130. The van der Waals surface area contributed by atoms with Crippen molar-refractivity contribution in [2.45, 2.75) is 17.7 Å². The minimum Gasteiger partial charge on any atom is -0.406 e. The van der Waals surface area contributed by atoms with Crippen molar-refractivity contribution < 1.29 is 31.1 Å². The molecule has 0 saturated carbocycles. The summed E-state index contributed by atoms with van der Waals surface area (Å²) < 4.78 is 68.4. The summed E-state index contributed by atoms with van der Waals surface area (Å²) in [6.07, 6.45) is -3.38. The molecule has 1 heterocycles. The smallest absolute Gasteiger partial charge is 0.406 e. The molecular formula is C19H17F3N4O4S. The Kier molecular flexibility index (Phi) is 6.61. The number of nitrogens with one attached hydrogen (secondary N) is 2. The van der Waals surface area contributed by atoms with Gasteiger partial charge in [-0.3, -0.25) is 4.79 Å². The fourth-order valence-corrected chi connectivity index (χ4v) is 3.56. The van der Waals surface area contributed by atoms with Gasteiger partial charge in [0.15, 0.2) is 5.82 Å². The van der Waals surface area contributed by atoms with Crippen LogP contribution < -0.4 is 14.8 Å². The Morgan fingerprint density at radius 1 is 1.03 bits per heavy atom. The first-order valence-corrected chi connectivity index (χ1v) is 10.4. The predicted octanol–water partition coefficient (Wildman–Crippen LogP) is 3.08. The lowest BCUT2D eigenvalue weighted by Gasteiger charge is -2.10. The fourth-order valence-electron chi connectivity index (χ4n) is 2.52. The first-order chi connectivity index (χ1) is 14.6. The number of aromatic nitrogens is 2. The molecule has 0 aliphatic heterocycles. The highest BCUT2D eigenvalue weighted by molar-refractivity contribution is 7.89. The van der Waals surface area contributed by atoms with Gasteiger partial charge in [-0.15, -0.1) is 13.2 Å². The molecule has 0 atom stereocenters. The monoisotopic (exact) mass is 454 g/mol. The summed E-state index contributed by atoms with van der Waals surface area (Å²) in [5.41, 5.74) is 0.808. The standard InChI is InChI=1S/C19H17F3N4O4S/c20-19(21,22)30-15-6-8-16(9-7-15)31(28,29)23-12-10-18(27)24-17-11-13-26(25-17)14-4-2-1-3-5-14/h1-9,11,13,23H,10,12H2,(H,24,25,27). The third-order valence-corrected chi connectivity index (χ3v) is 5.37. The van der Waals surface area contributed by atoms with Gasteiger partial charge >= 0.3 is 6.36 Å². The summed E-state index contributed by atoms with van der Waals surface area (Å²) >= 11 is 0. The molecule has 2 aromatic carbocycles. The Morgan fingerprint density at radius 3 is 2.35 bits per heavy atom. The zero-order chi connectivity index (χ0) is 22.5. The highest BCUT2D eigenvalue weighted by atomic mass is 32.2. The molecule has 12 heteroatoms. The van der Waals surface area contributed by atoms with E-state index in [1.165, 1.54) is 0 Å². The minimum atomic E-state index is -4.87. The molecule has 0 aliphatic rings. The maximum atomic E-state index is 12.2. The molecule has 0 fully saturated rings. The normalized spacial score (nSPS) is 11.8. The van der Waals surface area contributed by atoms with Crippen LogP contribution in [0.1, 0.15) is 6.42 Å². The van der Waals surface area contributed by atoms with Crippen molar-refractivity contribution in [1.29, 1.82) is 0 Å². The third-order valence-electron chi connectivity index (χ3n) is 3.89. The Labute approximate surface area is 175 Å². The molecule has 0 spiro atoms. The van der Waals surface area contributed by atoms with E-state index in [9.17, 15) is 26.4 Å². The molecule has 2 N–H and O–H groups in total. The average Bonchev–Trinajstić information content (AvgIpc) is 3.16. The van der Waals surface area contributed by atoms with Crippen LogP contribution in [0.5, 0.6) is 5.75 Å². The molecule has 0 radical (unpaired) electrons. The van der Waals surface area contributed by atoms with Crippen molar-refractivity contribution in [2.75, 3.05) is 11.9 Å². The largest absolute Gasteiger partial charge is 0.573 e. The van der Waals surface area contributed by atoms with Crippen molar-refractivity contribution in [2.24, 2.45) is 0 Å². The SMILES string of the molecule is O=C(CCNS(=O)(=O)c1ccc(OC(F)(F)F)cc1)Nc1ccn(-c2ccccc2)n1. The van der Waals surface area contributed by atoms with Gasteiger partial charge in [0, 0.05) is 25.2 Å². The average molecular weight is 454 g/mol. The van der Waals surface area contributed by atoms with Gasteiger partial charge in [0.05, 0.1) is 10.6 Å². The van der Waals surface area contributed by atoms with E-state index in [-0.39, 0.29) is 17.9 Å². The van der Waals surface area contributed by atoms with Gasteiger partial charge in [0.1, 0.15) is 5.75 Å². The van der Waals surface area contributed by atoms with E-state index in [1.807, 2.05) is 30.3 Å². The number of sulfonamides is 1. The van der Waals surface area contributed by atoms with Crippen LogP contribution in [0.4, 0.5) is 19.0 Å². The Hall–Kier alpha value is -3.38. The molecule has 0 saturated heterocycles. The fraction of sp³-hybridized carbons (Fsp3) is 0.158. The number of carbonyl (C=O) groups excluding carboxylic acids is 1.